The molecule has 20 heavy (non-hydrogen) atoms. The SMILES string of the molecule is CCC(=O)N(CCN1CCCN(C)C1)c1ccccc1. The van der Waals surface area contributed by atoms with Crippen LogP contribution in [0.2, 0.25) is 0 Å². The van der Waals surface area contributed by atoms with Crippen LogP contribution in [0.4, 0.5) is 5.69 Å². The van der Waals surface area contributed by atoms with E-state index in [0.29, 0.717) is 6.42 Å². The zero-order chi connectivity index (χ0) is 14.4. The molecule has 1 amide bonds. The Kier molecular flexibility index (Phi) is 5.56. The van der Waals surface area contributed by atoms with E-state index in [2.05, 4.69) is 16.8 Å². The minimum atomic E-state index is 0.196. The van der Waals surface area contributed by atoms with Gasteiger partial charge in [0.05, 0.1) is 6.67 Å². The topological polar surface area (TPSA) is 26.8 Å². The van der Waals surface area contributed by atoms with Gasteiger partial charge in [-0.15, -0.1) is 0 Å². The molecule has 1 saturated heterocycles. The van der Waals surface area contributed by atoms with Crippen LogP contribution in [0, 0.1) is 0 Å². The van der Waals surface area contributed by atoms with Crippen LogP contribution in [0.5, 0.6) is 0 Å². The maximum atomic E-state index is 12.1. The van der Waals surface area contributed by atoms with E-state index < -0.39 is 0 Å². The lowest BCUT2D eigenvalue weighted by Crippen LogP contribution is -2.46. The standard InChI is InChI=1S/C16H25N3O/c1-3-16(20)19(15-8-5-4-6-9-15)13-12-18-11-7-10-17(2)14-18/h4-6,8-9H,3,7,10-14H2,1-2H3. The van der Waals surface area contributed by atoms with Crippen molar-refractivity contribution < 1.29 is 4.79 Å². The van der Waals surface area contributed by atoms with Crippen LogP contribution in [-0.2, 0) is 4.79 Å². The van der Waals surface area contributed by atoms with Crippen LogP contribution < -0.4 is 4.90 Å². The molecule has 0 saturated carbocycles. The molecule has 0 unspecified atom stereocenters. The average molecular weight is 275 g/mol. The molecule has 1 aromatic carbocycles. The fraction of sp³-hybridized carbons (Fsp3) is 0.562. The molecular weight excluding hydrogens is 250 g/mol. The number of anilines is 1. The van der Waals surface area contributed by atoms with Gasteiger partial charge in [0.25, 0.3) is 0 Å². The monoisotopic (exact) mass is 275 g/mol. The number of nitrogens with zero attached hydrogens (tertiary/aromatic N) is 3. The summed E-state index contributed by atoms with van der Waals surface area (Å²) >= 11 is 0. The summed E-state index contributed by atoms with van der Waals surface area (Å²) < 4.78 is 0. The molecule has 0 radical (unpaired) electrons. The molecule has 110 valence electrons. The summed E-state index contributed by atoms with van der Waals surface area (Å²) in [4.78, 5) is 18.8. The van der Waals surface area contributed by atoms with Crippen molar-refractivity contribution in [2.24, 2.45) is 0 Å². The van der Waals surface area contributed by atoms with Gasteiger partial charge in [0.1, 0.15) is 0 Å². The molecule has 1 aliphatic rings. The second-order valence-corrected chi connectivity index (χ2v) is 5.43. The van der Waals surface area contributed by atoms with E-state index in [1.807, 2.05) is 42.2 Å². The third-order valence-corrected chi connectivity index (χ3v) is 3.77. The Bertz CT molecular complexity index is 421. The van der Waals surface area contributed by atoms with Gasteiger partial charge in [0, 0.05) is 38.3 Å². The first kappa shape index (κ1) is 15.0. The van der Waals surface area contributed by atoms with Gasteiger partial charge in [-0.2, -0.15) is 0 Å². The highest BCUT2D eigenvalue weighted by atomic mass is 16.2. The van der Waals surface area contributed by atoms with Crippen molar-refractivity contribution in [1.82, 2.24) is 9.80 Å². The van der Waals surface area contributed by atoms with E-state index in [9.17, 15) is 4.79 Å². The first-order valence-corrected chi connectivity index (χ1v) is 7.47. The summed E-state index contributed by atoms with van der Waals surface area (Å²) in [5, 5.41) is 0. The molecule has 0 N–H and O–H groups in total. The molecule has 1 fully saturated rings. The number of para-hydroxylation sites is 1. The summed E-state index contributed by atoms with van der Waals surface area (Å²) in [6, 6.07) is 9.98. The highest BCUT2D eigenvalue weighted by molar-refractivity contribution is 5.93. The van der Waals surface area contributed by atoms with Gasteiger partial charge in [-0.1, -0.05) is 25.1 Å². The van der Waals surface area contributed by atoms with Crippen molar-refractivity contribution in [3.63, 3.8) is 0 Å². The van der Waals surface area contributed by atoms with Crippen molar-refractivity contribution in [2.45, 2.75) is 19.8 Å². The smallest absolute Gasteiger partial charge is 0.226 e. The molecule has 2 rings (SSSR count). The van der Waals surface area contributed by atoms with Crippen molar-refractivity contribution in [3.05, 3.63) is 30.3 Å². The minimum Gasteiger partial charge on any atom is -0.311 e. The number of hydrogen-bond acceptors (Lipinski definition) is 3. The van der Waals surface area contributed by atoms with E-state index in [0.717, 1.165) is 32.0 Å². The number of rotatable bonds is 5. The van der Waals surface area contributed by atoms with Gasteiger partial charge in [-0.25, -0.2) is 0 Å². The average Bonchev–Trinajstić information content (AvgIpc) is 2.48. The van der Waals surface area contributed by atoms with Gasteiger partial charge in [-0.05, 0) is 25.6 Å². The minimum absolute atomic E-state index is 0.196. The van der Waals surface area contributed by atoms with Crippen LogP contribution in [0.3, 0.4) is 0 Å². The van der Waals surface area contributed by atoms with Gasteiger partial charge < -0.3 is 4.90 Å². The van der Waals surface area contributed by atoms with E-state index in [1.54, 1.807) is 0 Å². The summed E-state index contributed by atoms with van der Waals surface area (Å²) in [6.45, 7) is 6.94. The molecule has 0 spiro atoms. The van der Waals surface area contributed by atoms with Crippen LogP contribution in [0.1, 0.15) is 19.8 Å². The van der Waals surface area contributed by atoms with Crippen LogP contribution in [0.15, 0.2) is 30.3 Å². The van der Waals surface area contributed by atoms with Gasteiger partial charge in [0.15, 0.2) is 0 Å². The van der Waals surface area contributed by atoms with Crippen LogP contribution in [-0.4, -0.2) is 55.6 Å². The lowest BCUT2D eigenvalue weighted by molar-refractivity contribution is -0.118. The molecule has 4 heteroatoms. The number of carbonyl (C=O) groups excluding carboxylic acids is 1. The Balaban J connectivity index is 1.96. The zero-order valence-electron chi connectivity index (χ0n) is 12.6. The molecule has 1 aliphatic heterocycles. The van der Waals surface area contributed by atoms with E-state index in [1.165, 1.54) is 13.0 Å². The predicted molar refractivity (Wildman–Crippen MR) is 82.8 cm³/mol. The van der Waals surface area contributed by atoms with Gasteiger partial charge in [-0.3, -0.25) is 14.6 Å². The van der Waals surface area contributed by atoms with E-state index in [4.69, 9.17) is 0 Å². The molecular formula is C16H25N3O. The van der Waals surface area contributed by atoms with Crippen molar-refractivity contribution in [2.75, 3.05) is 44.8 Å². The lowest BCUT2D eigenvalue weighted by Gasteiger charge is -2.34. The molecule has 0 atom stereocenters. The fourth-order valence-electron chi connectivity index (χ4n) is 2.67. The Morgan fingerprint density at radius 2 is 2.00 bits per heavy atom. The molecule has 0 aromatic heterocycles. The maximum Gasteiger partial charge on any atom is 0.226 e. The first-order chi connectivity index (χ1) is 9.70. The summed E-state index contributed by atoms with van der Waals surface area (Å²) in [6.07, 6.45) is 1.76. The molecule has 4 nitrogen and oxygen atoms in total. The maximum absolute atomic E-state index is 12.1. The highest BCUT2D eigenvalue weighted by Gasteiger charge is 2.18. The molecule has 0 bridgehead atoms. The predicted octanol–water partition coefficient (Wildman–Crippen LogP) is 2.02. The third kappa shape index (κ3) is 4.05. The first-order valence-electron chi connectivity index (χ1n) is 7.47. The van der Waals surface area contributed by atoms with Crippen LogP contribution in [0.25, 0.3) is 0 Å². The molecule has 0 aliphatic carbocycles. The van der Waals surface area contributed by atoms with E-state index in [-0.39, 0.29) is 5.91 Å². The quantitative estimate of drug-likeness (QED) is 0.822. The second kappa shape index (κ2) is 7.41. The Morgan fingerprint density at radius 3 is 2.65 bits per heavy atom. The third-order valence-electron chi connectivity index (χ3n) is 3.77. The second-order valence-electron chi connectivity index (χ2n) is 5.43. The van der Waals surface area contributed by atoms with Crippen molar-refractivity contribution >= 4 is 11.6 Å². The number of amides is 1. The molecule has 1 aromatic rings. The fourth-order valence-corrected chi connectivity index (χ4v) is 2.67. The number of carbonyl (C=O) groups is 1. The summed E-state index contributed by atoms with van der Waals surface area (Å²) in [7, 11) is 2.15. The zero-order valence-corrected chi connectivity index (χ0v) is 12.6. The summed E-state index contributed by atoms with van der Waals surface area (Å²) in [5.41, 5.74) is 1.00. The summed E-state index contributed by atoms with van der Waals surface area (Å²) in [5.74, 6) is 0.196. The molecule has 1 heterocycles. The highest BCUT2D eigenvalue weighted by Crippen LogP contribution is 2.15. The van der Waals surface area contributed by atoms with Crippen LogP contribution >= 0.6 is 0 Å². The van der Waals surface area contributed by atoms with E-state index >= 15 is 0 Å². The Labute approximate surface area is 122 Å². The Morgan fingerprint density at radius 1 is 1.25 bits per heavy atom. The number of hydrogen-bond donors (Lipinski definition) is 0. The number of benzene rings is 1. The lowest BCUT2D eigenvalue weighted by atomic mass is 10.2. The largest absolute Gasteiger partial charge is 0.311 e. The normalized spacial score (nSPS) is 17.1. The Hall–Kier alpha value is -1.39. The van der Waals surface area contributed by atoms with Gasteiger partial charge >= 0.3 is 0 Å². The van der Waals surface area contributed by atoms with Gasteiger partial charge in [0.2, 0.25) is 5.91 Å². The van der Waals surface area contributed by atoms with Crippen molar-refractivity contribution in [3.8, 4) is 0 Å². The van der Waals surface area contributed by atoms with Crippen molar-refractivity contribution in [1.29, 1.82) is 0 Å².